The summed E-state index contributed by atoms with van der Waals surface area (Å²) in [7, 11) is 0. The first-order valence-electron chi connectivity index (χ1n) is 3.44. The van der Waals surface area contributed by atoms with Gasteiger partial charge in [-0.05, 0) is 19.8 Å². The molecule has 1 aromatic heterocycles. The lowest BCUT2D eigenvalue weighted by molar-refractivity contribution is 0.184. The van der Waals surface area contributed by atoms with E-state index < -0.39 is 0 Å². The first-order valence-corrected chi connectivity index (χ1v) is 3.44. The van der Waals surface area contributed by atoms with Crippen molar-refractivity contribution in [2.45, 2.75) is 25.9 Å². The molecule has 0 saturated heterocycles. The molecule has 0 radical (unpaired) electrons. The molecule has 0 spiro atoms. The van der Waals surface area contributed by atoms with Gasteiger partial charge in [0.15, 0.2) is 0 Å². The van der Waals surface area contributed by atoms with Gasteiger partial charge in [0.2, 0.25) is 0 Å². The Morgan fingerprint density at radius 3 is 3.10 bits per heavy atom. The quantitative estimate of drug-likeness (QED) is 0.650. The number of H-pyrrole nitrogens is 1. The van der Waals surface area contributed by atoms with Crippen LogP contribution in [0.5, 0.6) is 0 Å². The van der Waals surface area contributed by atoms with Gasteiger partial charge >= 0.3 is 0 Å². The molecular formula is C7H12N2O. The van der Waals surface area contributed by atoms with Crippen LogP contribution in [-0.4, -0.2) is 21.2 Å². The SMILES string of the molecule is C[C@@H](O)CCc1cnc[nH]1. The van der Waals surface area contributed by atoms with Gasteiger partial charge in [-0.1, -0.05) is 0 Å². The summed E-state index contributed by atoms with van der Waals surface area (Å²) in [6.07, 6.45) is 4.88. The van der Waals surface area contributed by atoms with Crippen LogP contribution in [0.1, 0.15) is 19.0 Å². The molecule has 0 saturated carbocycles. The Balaban J connectivity index is 2.28. The molecule has 3 heteroatoms. The van der Waals surface area contributed by atoms with Crippen LogP contribution in [0.4, 0.5) is 0 Å². The van der Waals surface area contributed by atoms with Gasteiger partial charge in [-0.3, -0.25) is 0 Å². The highest BCUT2D eigenvalue weighted by Gasteiger charge is 1.97. The molecule has 0 aliphatic carbocycles. The molecule has 2 N–H and O–H groups in total. The second-order valence-corrected chi connectivity index (χ2v) is 2.46. The highest BCUT2D eigenvalue weighted by Crippen LogP contribution is 1.99. The molecule has 56 valence electrons. The molecule has 1 rings (SSSR count). The Hall–Kier alpha value is -0.830. The summed E-state index contributed by atoms with van der Waals surface area (Å²) in [5.74, 6) is 0. The maximum atomic E-state index is 8.92. The maximum Gasteiger partial charge on any atom is 0.0921 e. The Bertz CT molecular complexity index is 170. The number of aryl methyl sites for hydroxylation is 1. The summed E-state index contributed by atoms with van der Waals surface area (Å²) in [5, 5.41) is 8.92. The zero-order valence-corrected chi connectivity index (χ0v) is 6.04. The number of hydrogen-bond donors (Lipinski definition) is 2. The molecule has 0 aliphatic rings. The van der Waals surface area contributed by atoms with E-state index in [-0.39, 0.29) is 6.10 Å². The summed E-state index contributed by atoms with van der Waals surface area (Å²) in [6, 6.07) is 0. The number of rotatable bonds is 3. The summed E-state index contributed by atoms with van der Waals surface area (Å²) >= 11 is 0. The number of aromatic amines is 1. The Kier molecular flexibility index (Phi) is 2.45. The highest BCUT2D eigenvalue weighted by molar-refractivity contribution is 4.93. The van der Waals surface area contributed by atoms with Crippen molar-refractivity contribution in [3.05, 3.63) is 18.2 Å². The lowest BCUT2D eigenvalue weighted by Gasteiger charge is -1.99. The number of hydrogen-bond acceptors (Lipinski definition) is 2. The van der Waals surface area contributed by atoms with E-state index in [0.29, 0.717) is 0 Å². The average molecular weight is 140 g/mol. The second kappa shape index (κ2) is 3.37. The van der Waals surface area contributed by atoms with E-state index >= 15 is 0 Å². The Labute approximate surface area is 60.1 Å². The fraction of sp³-hybridized carbons (Fsp3) is 0.571. The van der Waals surface area contributed by atoms with E-state index in [2.05, 4.69) is 9.97 Å². The Morgan fingerprint density at radius 1 is 1.80 bits per heavy atom. The van der Waals surface area contributed by atoms with Gasteiger partial charge in [0, 0.05) is 11.9 Å². The minimum absolute atomic E-state index is 0.219. The van der Waals surface area contributed by atoms with Crippen molar-refractivity contribution in [3.8, 4) is 0 Å². The van der Waals surface area contributed by atoms with Crippen LogP contribution in [0, 0.1) is 0 Å². The minimum Gasteiger partial charge on any atom is -0.393 e. The molecule has 1 heterocycles. The van der Waals surface area contributed by atoms with E-state index in [4.69, 9.17) is 5.11 Å². The molecule has 0 fully saturated rings. The molecule has 0 unspecified atom stereocenters. The van der Waals surface area contributed by atoms with Crippen molar-refractivity contribution >= 4 is 0 Å². The van der Waals surface area contributed by atoms with Gasteiger partial charge in [0.1, 0.15) is 0 Å². The lowest BCUT2D eigenvalue weighted by atomic mass is 10.2. The number of aliphatic hydroxyl groups excluding tert-OH is 1. The number of nitrogens with zero attached hydrogens (tertiary/aromatic N) is 1. The molecular weight excluding hydrogens is 128 g/mol. The van der Waals surface area contributed by atoms with E-state index in [1.165, 1.54) is 0 Å². The zero-order chi connectivity index (χ0) is 7.40. The third-order valence-corrected chi connectivity index (χ3v) is 1.39. The fourth-order valence-electron chi connectivity index (χ4n) is 0.786. The van der Waals surface area contributed by atoms with E-state index in [1.54, 1.807) is 19.4 Å². The van der Waals surface area contributed by atoms with Crippen molar-refractivity contribution in [2.75, 3.05) is 0 Å². The largest absolute Gasteiger partial charge is 0.393 e. The Morgan fingerprint density at radius 2 is 2.60 bits per heavy atom. The highest BCUT2D eigenvalue weighted by atomic mass is 16.3. The number of aliphatic hydroxyl groups is 1. The second-order valence-electron chi connectivity index (χ2n) is 2.46. The van der Waals surface area contributed by atoms with Gasteiger partial charge < -0.3 is 10.1 Å². The summed E-state index contributed by atoms with van der Waals surface area (Å²) < 4.78 is 0. The topological polar surface area (TPSA) is 48.9 Å². The van der Waals surface area contributed by atoms with Crippen LogP contribution in [0.3, 0.4) is 0 Å². The third kappa shape index (κ3) is 2.19. The normalized spacial score (nSPS) is 13.4. The van der Waals surface area contributed by atoms with Gasteiger partial charge in [-0.2, -0.15) is 0 Å². The fourth-order valence-corrected chi connectivity index (χ4v) is 0.786. The standard InChI is InChI=1S/C7H12N2O/c1-6(10)2-3-7-4-8-5-9-7/h4-6,10H,2-3H2,1H3,(H,8,9)/t6-/m1/s1. The zero-order valence-electron chi connectivity index (χ0n) is 6.04. The van der Waals surface area contributed by atoms with Crippen LogP contribution in [0.15, 0.2) is 12.5 Å². The third-order valence-electron chi connectivity index (χ3n) is 1.39. The first-order chi connectivity index (χ1) is 4.79. The number of nitrogens with one attached hydrogen (secondary N) is 1. The molecule has 10 heavy (non-hydrogen) atoms. The van der Waals surface area contributed by atoms with Gasteiger partial charge in [-0.15, -0.1) is 0 Å². The summed E-state index contributed by atoms with van der Waals surface area (Å²) in [5.41, 5.74) is 1.08. The monoisotopic (exact) mass is 140 g/mol. The predicted molar refractivity (Wildman–Crippen MR) is 38.6 cm³/mol. The van der Waals surface area contributed by atoms with E-state index in [1.807, 2.05) is 0 Å². The van der Waals surface area contributed by atoms with E-state index in [9.17, 15) is 0 Å². The van der Waals surface area contributed by atoms with Crippen molar-refractivity contribution in [3.63, 3.8) is 0 Å². The van der Waals surface area contributed by atoms with Crippen molar-refractivity contribution < 1.29 is 5.11 Å². The van der Waals surface area contributed by atoms with Crippen molar-refractivity contribution in [1.29, 1.82) is 0 Å². The first kappa shape index (κ1) is 7.28. The van der Waals surface area contributed by atoms with Crippen LogP contribution in [-0.2, 0) is 6.42 Å². The van der Waals surface area contributed by atoms with Crippen LogP contribution in [0.2, 0.25) is 0 Å². The van der Waals surface area contributed by atoms with Crippen LogP contribution in [0.25, 0.3) is 0 Å². The molecule has 3 nitrogen and oxygen atoms in total. The van der Waals surface area contributed by atoms with Gasteiger partial charge in [-0.25, -0.2) is 4.98 Å². The predicted octanol–water partition coefficient (Wildman–Crippen LogP) is 0.723. The molecule has 0 bridgehead atoms. The smallest absolute Gasteiger partial charge is 0.0921 e. The van der Waals surface area contributed by atoms with Crippen molar-refractivity contribution in [1.82, 2.24) is 9.97 Å². The average Bonchev–Trinajstić information content (AvgIpc) is 2.34. The number of aromatic nitrogens is 2. The lowest BCUT2D eigenvalue weighted by Crippen LogP contribution is -2.01. The maximum absolute atomic E-state index is 8.92. The van der Waals surface area contributed by atoms with Gasteiger partial charge in [0.05, 0.1) is 12.4 Å². The summed E-state index contributed by atoms with van der Waals surface area (Å²) in [4.78, 5) is 6.83. The number of imidazole rings is 1. The van der Waals surface area contributed by atoms with Crippen LogP contribution < -0.4 is 0 Å². The molecule has 0 aromatic carbocycles. The molecule has 1 aromatic rings. The van der Waals surface area contributed by atoms with Crippen LogP contribution >= 0.6 is 0 Å². The molecule has 1 atom stereocenters. The molecule has 0 aliphatic heterocycles. The van der Waals surface area contributed by atoms with E-state index in [0.717, 1.165) is 18.5 Å². The van der Waals surface area contributed by atoms with Crippen molar-refractivity contribution in [2.24, 2.45) is 0 Å². The summed E-state index contributed by atoms with van der Waals surface area (Å²) in [6.45, 7) is 1.79. The minimum atomic E-state index is -0.219. The van der Waals surface area contributed by atoms with Gasteiger partial charge in [0.25, 0.3) is 0 Å². The molecule has 0 amide bonds.